The second-order valence-corrected chi connectivity index (χ2v) is 5.35. The van der Waals surface area contributed by atoms with Crippen molar-refractivity contribution in [1.29, 1.82) is 0 Å². The van der Waals surface area contributed by atoms with Gasteiger partial charge in [-0.1, -0.05) is 18.2 Å². The first-order chi connectivity index (χ1) is 9.65. The molecular formula is C16H18BrNO2. The lowest BCUT2D eigenvalue weighted by molar-refractivity contribution is 0.412. The van der Waals surface area contributed by atoms with Crippen LogP contribution in [0.25, 0.3) is 0 Å². The Morgan fingerprint density at radius 2 is 1.70 bits per heavy atom. The summed E-state index contributed by atoms with van der Waals surface area (Å²) in [7, 11) is 5.41. The molecule has 0 amide bonds. The maximum Gasteiger partial charge on any atom is 0.142 e. The lowest BCUT2D eigenvalue weighted by Gasteiger charge is -2.22. The fourth-order valence-electron chi connectivity index (χ4n) is 2.11. The Bertz CT molecular complexity index is 586. The van der Waals surface area contributed by atoms with E-state index in [0.717, 1.165) is 28.2 Å². The minimum atomic E-state index is 0.795. The van der Waals surface area contributed by atoms with Gasteiger partial charge in [0.15, 0.2) is 0 Å². The van der Waals surface area contributed by atoms with Crippen LogP contribution in [0.3, 0.4) is 0 Å². The summed E-state index contributed by atoms with van der Waals surface area (Å²) in [5.41, 5.74) is 2.27. The standard InChI is InChI=1S/C16H18BrNO2/c1-18(14-6-4-5-7-16(14)20-3)11-12-8-9-15(19-2)13(17)10-12/h4-10H,11H2,1-3H3. The molecule has 0 aliphatic heterocycles. The molecule has 0 aliphatic rings. The summed E-state index contributed by atoms with van der Waals surface area (Å²) < 4.78 is 11.6. The molecule has 0 fully saturated rings. The molecule has 4 heteroatoms. The maximum absolute atomic E-state index is 5.39. The number of para-hydroxylation sites is 2. The number of hydrogen-bond acceptors (Lipinski definition) is 3. The van der Waals surface area contributed by atoms with E-state index in [4.69, 9.17) is 9.47 Å². The molecule has 0 aromatic heterocycles. The van der Waals surface area contributed by atoms with Crippen molar-refractivity contribution in [2.45, 2.75) is 6.54 Å². The average Bonchev–Trinajstić information content (AvgIpc) is 2.47. The van der Waals surface area contributed by atoms with Crippen molar-refractivity contribution in [1.82, 2.24) is 0 Å². The molecule has 0 spiro atoms. The maximum atomic E-state index is 5.39. The normalized spacial score (nSPS) is 10.2. The van der Waals surface area contributed by atoms with Crippen LogP contribution in [0.15, 0.2) is 46.9 Å². The van der Waals surface area contributed by atoms with Gasteiger partial charge >= 0.3 is 0 Å². The largest absolute Gasteiger partial charge is 0.496 e. The molecule has 0 N–H and O–H groups in total. The highest BCUT2D eigenvalue weighted by Crippen LogP contribution is 2.30. The second kappa shape index (κ2) is 6.66. The lowest BCUT2D eigenvalue weighted by Crippen LogP contribution is -2.17. The highest BCUT2D eigenvalue weighted by molar-refractivity contribution is 9.10. The van der Waals surface area contributed by atoms with E-state index in [2.05, 4.69) is 46.1 Å². The molecule has 0 unspecified atom stereocenters. The van der Waals surface area contributed by atoms with E-state index in [0.29, 0.717) is 0 Å². The van der Waals surface area contributed by atoms with Gasteiger partial charge in [0.2, 0.25) is 0 Å². The fourth-order valence-corrected chi connectivity index (χ4v) is 2.70. The zero-order valence-electron chi connectivity index (χ0n) is 11.9. The Hall–Kier alpha value is -1.68. The summed E-state index contributed by atoms with van der Waals surface area (Å²) >= 11 is 3.51. The number of methoxy groups -OCH3 is 2. The molecule has 0 aliphatic carbocycles. The van der Waals surface area contributed by atoms with Gasteiger partial charge in [0.05, 0.1) is 24.4 Å². The molecule has 0 saturated heterocycles. The summed E-state index contributed by atoms with van der Waals surface area (Å²) in [6.45, 7) is 0.795. The van der Waals surface area contributed by atoms with E-state index in [1.54, 1.807) is 14.2 Å². The SMILES string of the molecule is COc1ccc(CN(C)c2ccccc2OC)cc1Br. The molecule has 0 bridgehead atoms. The first kappa shape index (κ1) is 14.7. The van der Waals surface area contributed by atoms with Crippen molar-refractivity contribution in [3.8, 4) is 11.5 Å². The topological polar surface area (TPSA) is 21.7 Å². The molecule has 0 radical (unpaired) electrons. The Kier molecular flexibility index (Phi) is 4.90. The van der Waals surface area contributed by atoms with E-state index in [9.17, 15) is 0 Å². The molecule has 3 nitrogen and oxygen atoms in total. The first-order valence-corrected chi connectivity index (χ1v) is 7.11. The number of halogens is 1. The Labute approximate surface area is 128 Å². The molecule has 2 rings (SSSR count). The molecule has 2 aromatic rings. The predicted octanol–water partition coefficient (Wildman–Crippen LogP) is 4.10. The number of hydrogen-bond donors (Lipinski definition) is 0. The quantitative estimate of drug-likeness (QED) is 0.820. The molecule has 20 heavy (non-hydrogen) atoms. The van der Waals surface area contributed by atoms with Gasteiger partial charge in [0.1, 0.15) is 11.5 Å². The summed E-state index contributed by atoms with van der Waals surface area (Å²) in [6, 6.07) is 14.1. The van der Waals surface area contributed by atoms with Crippen LogP contribution in [-0.4, -0.2) is 21.3 Å². The van der Waals surface area contributed by atoms with Crippen LogP contribution < -0.4 is 14.4 Å². The Morgan fingerprint density at radius 1 is 1.00 bits per heavy atom. The Balaban J connectivity index is 2.19. The van der Waals surface area contributed by atoms with Gasteiger partial charge in [0.25, 0.3) is 0 Å². The zero-order chi connectivity index (χ0) is 14.5. The fraction of sp³-hybridized carbons (Fsp3) is 0.250. The average molecular weight is 336 g/mol. The Morgan fingerprint density at radius 3 is 2.35 bits per heavy atom. The number of ether oxygens (including phenoxy) is 2. The van der Waals surface area contributed by atoms with Gasteiger partial charge in [-0.25, -0.2) is 0 Å². The molecule has 0 atom stereocenters. The van der Waals surface area contributed by atoms with Crippen molar-refractivity contribution in [3.63, 3.8) is 0 Å². The molecule has 2 aromatic carbocycles. The summed E-state index contributed by atoms with van der Waals surface area (Å²) in [6.07, 6.45) is 0. The number of nitrogens with zero attached hydrogens (tertiary/aromatic N) is 1. The molecule has 0 saturated carbocycles. The van der Waals surface area contributed by atoms with E-state index >= 15 is 0 Å². The van der Waals surface area contributed by atoms with E-state index < -0.39 is 0 Å². The van der Waals surface area contributed by atoms with Gasteiger partial charge in [-0.2, -0.15) is 0 Å². The minimum Gasteiger partial charge on any atom is -0.496 e. The number of anilines is 1. The third kappa shape index (κ3) is 3.25. The van der Waals surface area contributed by atoms with Crippen molar-refractivity contribution in [2.75, 3.05) is 26.2 Å². The van der Waals surface area contributed by atoms with Crippen molar-refractivity contribution < 1.29 is 9.47 Å². The summed E-state index contributed by atoms with van der Waals surface area (Å²) in [5.74, 6) is 1.72. The van der Waals surface area contributed by atoms with Crippen LogP contribution in [0.5, 0.6) is 11.5 Å². The van der Waals surface area contributed by atoms with Gasteiger partial charge in [-0.3, -0.25) is 0 Å². The molecule has 106 valence electrons. The summed E-state index contributed by atoms with van der Waals surface area (Å²) in [4.78, 5) is 2.16. The van der Waals surface area contributed by atoms with Crippen LogP contribution in [0.2, 0.25) is 0 Å². The van der Waals surface area contributed by atoms with Crippen molar-refractivity contribution in [2.24, 2.45) is 0 Å². The monoisotopic (exact) mass is 335 g/mol. The van der Waals surface area contributed by atoms with Gasteiger partial charge in [0, 0.05) is 13.6 Å². The second-order valence-electron chi connectivity index (χ2n) is 4.50. The first-order valence-electron chi connectivity index (χ1n) is 6.32. The number of rotatable bonds is 5. The summed E-state index contributed by atoms with van der Waals surface area (Å²) in [5, 5.41) is 0. The van der Waals surface area contributed by atoms with Crippen LogP contribution in [0, 0.1) is 0 Å². The van der Waals surface area contributed by atoms with Crippen LogP contribution >= 0.6 is 15.9 Å². The minimum absolute atomic E-state index is 0.795. The highest BCUT2D eigenvalue weighted by atomic mass is 79.9. The zero-order valence-corrected chi connectivity index (χ0v) is 13.5. The van der Waals surface area contributed by atoms with E-state index in [1.165, 1.54) is 5.56 Å². The third-order valence-corrected chi connectivity index (χ3v) is 3.75. The van der Waals surface area contributed by atoms with Gasteiger partial charge in [-0.15, -0.1) is 0 Å². The van der Waals surface area contributed by atoms with E-state index in [-0.39, 0.29) is 0 Å². The van der Waals surface area contributed by atoms with Gasteiger partial charge in [-0.05, 0) is 45.8 Å². The van der Waals surface area contributed by atoms with Crippen LogP contribution in [-0.2, 0) is 6.54 Å². The van der Waals surface area contributed by atoms with Crippen molar-refractivity contribution >= 4 is 21.6 Å². The smallest absolute Gasteiger partial charge is 0.142 e. The van der Waals surface area contributed by atoms with Gasteiger partial charge < -0.3 is 14.4 Å². The number of benzene rings is 2. The predicted molar refractivity (Wildman–Crippen MR) is 85.8 cm³/mol. The molecule has 0 heterocycles. The molecular weight excluding hydrogens is 318 g/mol. The third-order valence-electron chi connectivity index (χ3n) is 3.13. The lowest BCUT2D eigenvalue weighted by atomic mass is 10.2. The highest BCUT2D eigenvalue weighted by Gasteiger charge is 2.09. The van der Waals surface area contributed by atoms with Crippen molar-refractivity contribution in [3.05, 3.63) is 52.5 Å². The van der Waals surface area contributed by atoms with E-state index in [1.807, 2.05) is 24.3 Å². The van der Waals surface area contributed by atoms with Crippen LogP contribution in [0.4, 0.5) is 5.69 Å². The van der Waals surface area contributed by atoms with Crippen LogP contribution in [0.1, 0.15) is 5.56 Å².